The number of esters is 1. The molecule has 1 heterocycles. The van der Waals surface area contributed by atoms with E-state index in [0.717, 1.165) is 11.1 Å². The number of ether oxygens (including phenoxy) is 1. The third-order valence-corrected chi connectivity index (χ3v) is 5.33. The molecule has 140 valence electrons. The molecular formula is C22H15Cl2NO3. The Bertz CT molecular complexity index is 1070. The van der Waals surface area contributed by atoms with Gasteiger partial charge in [-0.1, -0.05) is 53.5 Å². The molecule has 0 saturated carbocycles. The average molecular weight is 412 g/mol. The number of carbonyl (C=O) groups excluding carboxylic acids is 2. The molecule has 0 radical (unpaired) electrons. The second kappa shape index (κ2) is 7.66. The normalized spacial score (nSPS) is 15.5. The van der Waals surface area contributed by atoms with Gasteiger partial charge in [0.05, 0.1) is 15.6 Å². The van der Waals surface area contributed by atoms with Crippen molar-refractivity contribution < 1.29 is 14.3 Å². The molecule has 1 atom stereocenters. The summed E-state index contributed by atoms with van der Waals surface area (Å²) in [6, 6.07) is 19.4. The van der Waals surface area contributed by atoms with Gasteiger partial charge in [0.15, 0.2) is 0 Å². The third kappa shape index (κ3) is 3.75. The highest BCUT2D eigenvalue weighted by molar-refractivity contribution is 6.42. The Labute approximate surface area is 172 Å². The van der Waals surface area contributed by atoms with Crippen LogP contribution in [0.5, 0.6) is 0 Å². The van der Waals surface area contributed by atoms with Crippen molar-refractivity contribution in [2.45, 2.75) is 12.5 Å². The number of hydrogen-bond donors (Lipinski definition) is 1. The van der Waals surface area contributed by atoms with E-state index in [2.05, 4.69) is 5.32 Å². The monoisotopic (exact) mass is 411 g/mol. The van der Waals surface area contributed by atoms with Crippen molar-refractivity contribution in [1.29, 1.82) is 0 Å². The van der Waals surface area contributed by atoms with Gasteiger partial charge < -0.3 is 10.1 Å². The molecule has 4 nitrogen and oxygen atoms in total. The zero-order valence-electron chi connectivity index (χ0n) is 14.6. The van der Waals surface area contributed by atoms with Crippen LogP contribution >= 0.6 is 23.2 Å². The van der Waals surface area contributed by atoms with E-state index in [9.17, 15) is 9.59 Å². The summed E-state index contributed by atoms with van der Waals surface area (Å²) >= 11 is 11.9. The van der Waals surface area contributed by atoms with Crippen molar-refractivity contribution >= 4 is 40.8 Å². The number of benzene rings is 3. The molecule has 0 unspecified atom stereocenters. The molecule has 0 spiro atoms. The predicted octanol–water partition coefficient (Wildman–Crippen LogP) is 5.70. The van der Waals surface area contributed by atoms with E-state index >= 15 is 0 Å². The SMILES string of the molecule is O=C(Nc1ccc(Cl)c(Cl)c1)c1ccc2c(c1)C[C@@H](c1ccccc1)OC2=O. The van der Waals surface area contributed by atoms with Crippen LogP contribution in [0.25, 0.3) is 0 Å². The van der Waals surface area contributed by atoms with Crippen LogP contribution in [0.4, 0.5) is 5.69 Å². The van der Waals surface area contributed by atoms with Crippen LogP contribution in [0.3, 0.4) is 0 Å². The van der Waals surface area contributed by atoms with Crippen molar-refractivity contribution in [3.63, 3.8) is 0 Å². The summed E-state index contributed by atoms with van der Waals surface area (Å²) in [5.41, 5.74) is 3.18. The van der Waals surface area contributed by atoms with Gasteiger partial charge in [0.25, 0.3) is 5.91 Å². The predicted molar refractivity (Wildman–Crippen MR) is 109 cm³/mol. The number of carbonyl (C=O) groups is 2. The van der Waals surface area contributed by atoms with E-state index in [-0.39, 0.29) is 18.0 Å². The van der Waals surface area contributed by atoms with Crippen molar-refractivity contribution in [2.75, 3.05) is 5.32 Å². The fourth-order valence-corrected chi connectivity index (χ4v) is 3.47. The Morgan fingerprint density at radius 3 is 2.50 bits per heavy atom. The average Bonchev–Trinajstić information content (AvgIpc) is 2.71. The summed E-state index contributed by atoms with van der Waals surface area (Å²) in [5.74, 6) is -0.678. The van der Waals surface area contributed by atoms with E-state index < -0.39 is 0 Å². The first-order chi connectivity index (χ1) is 13.5. The highest BCUT2D eigenvalue weighted by Gasteiger charge is 2.28. The number of cyclic esters (lactones) is 1. The minimum atomic E-state index is -0.383. The molecule has 4 rings (SSSR count). The summed E-state index contributed by atoms with van der Waals surface area (Å²) in [6.07, 6.45) is 0.147. The number of hydrogen-bond acceptors (Lipinski definition) is 3. The summed E-state index contributed by atoms with van der Waals surface area (Å²) in [7, 11) is 0. The summed E-state index contributed by atoms with van der Waals surface area (Å²) in [6.45, 7) is 0. The molecule has 1 aliphatic heterocycles. The van der Waals surface area contributed by atoms with Gasteiger partial charge in [0.1, 0.15) is 6.10 Å². The molecule has 28 heavy (non-hydrogen) atoms. The fourth-order valence-electron chi connectivity index (χ4n) is 3.17. The van der Waals surface area contributed by atoms with Gasteiger partial charge in [-0.3, -0.25) is 4.79 Å². The second-order valence-corrected chi connectivity index (χ2v) is 7.28. The van der Waals surface area contributed by atoms with Crippen molar-refractivity contribution in [2.24, 2.45) is 0 Å². The van der Waals surface area contributed by atoms with E-state index in [1.165, 1.54) is 0 Å². The zero-order chi connectivity index (χ0) is 19.7. The highest BCUT2D eigenvalue weighted by Crippen LogP contribution is 2.31. The van der Waals surface area contributed by atoms with Gasteiger partial charge in [-0.25, -0.2) is 4.79 Å². The molecule has 1 amide bonds. The van der Waals surface area contributed by atoms with E-state index in [1.54, 1.807) is 36.4 Å². The first kappa shape index (κ1) is 18.5. The number of fused-ring (bicyclic) bond motifs is 1. The van der Waals surface area contributed by atoms with E-state index in [4.69, 9.17) is 27.9 Å². The largest absolute Gasteiger partial charge is 0.454 e. The molecule has 6 heteroatoms. The lowest BCUT2D eigenvalue weighted by Gasteiger charge is -2.25. The van der Waals surface area contributed by atoms with Gasteiger partial charge >= 0.3 is 5.97 Å². The number of halogens is 2. The molecular weight excluding hydrogens is 397 g/mol. The van der Waals surface area contributed by atoms with Crippen LogP contribution in [0.15, 0.2) is 66.7 Å². The van der Waals surface area contributed by atoms with Crippen LogP contribution in [-0.2, 0) is 11.2 Å². The lowest BCUT2D eigenvalue weighted by atomic mass is 9.93. The van der Waals surface area contributed by atoms with Crippen LogP contribution < -0.4 is 5.32 Å². The van der Waals surface area contributed by atoms with Crippen molar-refractivity contribution in [3.05, 3.63) is 99.0 Å². The number of rotatable bonds is 3. The van der Waals surface area contributed by atoms with Crippen molar-refractivity contribution in [1.82, 2.24) is 0 Å². The van der Waals surface area contributed by atoms with Gasteiger partial charge in [-0.05, 0) is 47.5 Å². The zero-order valence-corrected chi connectivity index (χ0v) is 16.1. The van der Waals surface area contributed by atoms with Crippen LogP contribution in [0, 0.1) is 0 Å². The molecule has 0 bridgehead atoms. The molecule has 3 aromatic carbocycles. The Morgan fingerprint density at radius 2 is 1.75 bits per heavy atom. The first-order valence-electron chi connectivity index (χ1n) is 8.66. The molecule has 3 aromatic rings. The number of amides is 1. The number of nitrogens with one attached hydrogen (secondary N) is 1. The van der Waals surface area contributed by atoms with Gasteiger partial charge in [-0.15, -0.1) is 0 Å². The molecule has 0 saturated heterocycles. The van der Waals surface area contributed by atoms with E-state index in [0.29, 0.717) is 33.3 Å². The molecule has 1 N–H and O–H groups in total. The van der Waals surface area contributed by atoms with Gasteiger partial charge in [0, 0.05) is 17.7 Å². The lowest BCUT2D eigenvalue weighted by molar-refractivity contribution is 0.0252. The number of anilines is 1. The standard InChI is InChI=1S/C22H15Cl2NO3/c23-18-9-7-16(12-19(18)24)25-21(26)14-6-8-17-15(10-14)11-20(28-22(17)27)13-4-2-1-3-5-13/h1-10,12,20H,11H2,(H,25,26)/t20-/m0/s1. The maximum Gasteiger partial charge on any atom is 0.339 e. The van der Waals surface area contributed by atoms with Gasteiger partial charge in [0.2, 0.25) is 0 Å². The summed E-state index contributed by atoms with van der Waals surface area (Å²) in [5, 5.41) is 3.56. The molecule has 1 aliphatic rings. The Hall–Kier alpha value is -2.82. The Balaban J connectivity index is 1.58. The second-order valence-electron chi connectivity index (χ2n) is 6.46. The topological polar surface area (TPSA) is 55.4 Å². The Morgan fingerprint density at radius 1 is 0.964 bits per heavy atom. The smallest absolute Gasteiger partial charge is 0.339 e. The molecule has 0 aromatic heterocycles. The minimum Gasteiger partial charge on any atom is -0.454 e. The van der Waals surface area contributed by atoms with Crippen molar-refractivity contribution in [3.8, 4) is 0 Å². The molecule has 0 fully saturated rings. The maximum absolute atomic E-state index is 12.6. The van der Waals surface area contributed by atoms with Crippen LogP contribution in [-0.4, -0.2) is 11.9 Å². The van der Waals surface area contributed by atoms with Gasteiger partial charge in [-0.2, -0.15) is 0 Å². The summed E-state index contributed by atoms with van der Waals surface area (Å²) in [4.78, 5) is 25.0. The highest BCUT2D eigenvalue weighted by atomic mass is 35.5. The van der Waals surface area contributed by atoms with E-state index in [1.807, 2.05) is 30.3 Å². The lowest BCUT2D eigenvalue weighted by Crippen LogP contribution is -2.23. The van der Waals surface area contributed by atoms with Crippen LogP contribution in [0.2, 0.25) is 10.0 Å². The quantitative estimate of drug-likeness (QED) is 0.562. The Kier molecular flexibility index (Phi) is 5.07. The third-order valence-electron chi connectivity index (χ3n) is 4.59. The summed E-state index contributed by atoms with van der Waals surface area (Å²) < 4.78 is 5.55. The minimum absolute atomic E-state index is 0.295. The molecule has 0 aliphatic carbocycles. The maximum atomic E-state index is 12.6. The van der Waals surface area contributed by atoms with Crippen LogP contribution in [0.1, 0.15) is 37.9 Å². The fraction of sp³-hybridized carbons (Fsp3) is 0.0909. The first-order valence-corrected chi connectivity index (χ1v) is 9.42.